The minimum Gasteiger partial charge on any atom is -0.273 e. The molecule has 1 aromatic rings. The topological polar surface area (TPSA) is 54.5 Å². The van der Waals surface area contributed by atoms with Gasteiger partial charge in [-0.3, -0.25) is 4.79 Å². The van der Waals surface area contributed by atoms with Crippen molar-refractivity contribution >= 4 is 15.9 Å². The smallest absolute Gasteiger partial charge is 0.243 e. The summed E-state index contributed by atoms with van der Waals surface area (Å²) in [6.45, 7) is 6.21. The predicted octanol–water partition coefficient (Wildman–Crippen LogP) is 3.69. The van der Waals surface area contributed by atoms with Crippen molar-refractivity contribution < 1.29 is 17.6 Å². The van der Waals surface area contributed by atoms with Crippen molar-refractivity contribution in [2.24, 2.45) is 16.7 Å². The lowest BCUT2D eigenvalue weighted by Crippen LogP contribution is -2.45. The van der Waals surface area contributed by atoms with Gasteiger partial charge in [0.05, 0.1) is 17.7 Å². The van der Waals surface area contributed by atoms with Crippen molar-refractivity contribution in [3.8, 4) is 0 Å². The Bertz CT molecular complexity index is 848. The standard InChI is InChI=1S/C20H26FNO3S/c1-4-16(13-5-7-15(21)8-6-13)18(23)22-17-11-14-9-10-20(17,19(14,2)3)12-26(22,24)25/h5-8,14,16-17H,4,9-12H2,1-3H3/t14?,16-,17?,20?/m0/s1. The Morgan fingerprint density at radius 3 is 2.54 bits per heavy atom. The molecule has 4 rings (SSSR count). The largest absolute Gasteiger partial charge is 0.273 e. The van der Waals surface area contributed by atoms with Crippen LogP contribution in [0.15, 0.2) is 24.3 Å². The molecule has 142 valence electrons. The Morgan fingerprint density at radius 2 is 1.96 bits per heavy atom. The summed E-state index contributed by atoms with van der Waals surface area (Å²) in [5, 5.41) is 0. The minimum atomic E-state index is -3.62. The summed E-state index contributed by atoms with van der Waals surface area (Å²) < 4.78 is 40.6. The molecular formula is C20H26FNO3S. The van der Waals surface area contributed by atoms with E-state index in [4.69, 9.17) is 0 Å². The van der Waals surface area contributed by atoms with Crippen LogP contribution in [0, 0.1) is 22.6 Å². The number of halogens is 1. The third kappa shape index (κ3) is 2.17. The van der Waals surface area contributed by atoms with Crippen molar-refractivity contribution in [2.75, 3.05) is 5.75 Å². The van der Waals surface area contributed by atoms with E-state index in [-0.39, 0.29) is 34.3 Å². The average molecular weight is 379 g/mol. The first kappa shape index (κ1) is 18.0. The van der Waals surface area contributed by atoms with Gasteiger partial charge in [-0.15, -0.1) is 0 Å². The number of sulfonamides is 1. The fraction of sp³-hybridized carbons (Fsp3) is 0.650. The lowest BCUT2D eigenvalue weighted by atomic mass is 9.69. The molecule has 1 amide bonds. The van der Waals surface area contributed by atoms with Gasteiger partial charge in [-0.25, -0.2) is 17.1 Å². The SMILES string of the molecule is CC[C@H](C(=O)N1C2CC3CCC2(CS1(=O)=O)C3(C)C)c1ccc(F)cc1. The third-order valence-electron chi connectivity index (χ3n) is 7.61. The molecule has 1 spiro atoms. The fourth-order valence-corrected chi connectivity index (χ4v) is 8.56. The van der Waals surface area contributed by atoms with Crippen LogP contribution in [0.2, 0.25) is 0 Å². The highest BCUT2D eigenvalue weighted by molar-refractivity contribution is 7.90. The predicted molar refractivity (Wildman–Crippen MR) is 97.4 cm³/mol. The van der Waals surface area contributed by atoms with Gasteiger partial charge in [0.1, 0.15) is 5.82 Å². The molecular weight excluding hydrogens is 353 g/mol. The van der Waals surface area contributed by atoms with Crippen LogP contribution in [0.25, 0.3) is 0 Å². The van der Waals surface area contributed by atoms with E-state index in [1.54, 1.807) is 12.1 Å². The molecule has 4 nitrogen and oxygen atoms in total. The van der Waals surface area contributed by atoms with Gasteiger partial charge < -0.3 is 0 Å². The van der Waals surface area contributed by atoms with E-state index in [0.29, 0.717) is 17.9 Å². The Hall–Kier alpha value is -1.43. The lowest BCUT2D eigenvalue weighted by Gasteiger charge is -2.37. The number of benzene rings is 1. The molecule has 1 saturated heterocycles. The first-order valence-corrected chi connectivity index (χ1v) is 11.1. The fourth-order valence-electron chi connectivity index (χ4n) is 5.98. The maximum atomic E-state index is 13.4. The van der Waals surface area contributed by atoms with Crippen molar-refractivity contribution in [2.45, 2.75) is 58.4 Å². The van der Waals surface area contributed by atoms with Gasteiger partial charge in [0.25, 0.3) is 0 Å². The number of carbonyl (C=O) groups excluding carboxylic acids is 1. The summed E-state index contributed by atoms with van der Waals surface area (Å²) in [5.41, 5.74) is 0.308. The molecule has 2 saturated carbocycles. The van der Waals surface area contributed by atoms with Gasteiger partial charge in [-0.05, 0) is 54.7 Å². The van der Waals surface area contributed by atoms with Crippen molar-refractivity contribution in [3.05, 3.63) is 35.6 Å². The normalized spacial score (nSPS) is 34.7. The number of hydrogen-bond donors (Lipinski definition) is 0. The van der Waals surface area contributed by atoms with Crippen LogP contribution in [0.4, 0.5) is 4.39 Å². The minimum absolute atomic E-state index is 0.0582. The zero-order valence-electron chi connectivity index (χ0n) is 15.5. The van der Waals surface area contributed by atoms with E-state index >= 15 is 0 Å². The summed E-state index contributed by atoms with van der Waals surface area (Å²) in [6.07, 6.45) is 3.20. The lowest BCUT2D eigenvalue weighted by molar-refractivity contribution is -0.130. The maximum Gasteiger partial charge on any atom is 0.243 e. The van der Waals surface area contributed by atoms with Crippen LogP contribution in [0.5, 0.6) is 0 Å². The number of fused-ring (bicyclic) bond motifs is 1. The highest BCUT2D eigenvalue weighted by Gasteiger charge is 2.72. The molecule has 3 aliphatic rings. The van der Waals surface area contributed by atoms with E-state index in [2.05, 4.69) is 13.8 Å². The third-order valence-corrected chi connectivity index (χ3v) is 9.52. The molecule has 4 atom stereocenters. The maximum absolute atomic E-state index is 13.4. The summed E-state index contributed by atoms with van der Waals surface area (Å²) in [7, 11) is -3.62. The summed E-state index contributed by atoms with van der Waals surface area (Å²) in [5.74, 6) is -0.699. The second-order valence-corrected chi connectivity index (χ2v) is 10.6. The molecule has 3 fully saturated rings. The quantitative estimate of drug-likeness (QED) is 0.805. The molecule has 3 unspecified atom stereocenters. The molecule has 0 aromatic heterocycles. The van der Waals surface area contributed by atoms with Crippen molar-refractivity contribution in [1.82, 2.24) is 4.31 Å². The van der Waals surface area contributed by atoms with Gasteiger partial charge in [-0.2, -0.15) is 0 Å². The second-order valence-electron chi connectivity index (χ2n) is 8.77. The number of rotatable bonds is 3. The van der Waals surface area contributed by atoms with Crippen molar-refractivity contribution in [3.63, 3.8) is 0 Å². The molecule has 1 heterocycles. The Balaban J connectivity index is 1.73. The van der Waals surface area contributed by atoms with Crippen LogP contribution in [-0.2, 0) is 14.8 Å². The van der Waals surface area contributed by atoms with Crippen LogP contribution >= 0.6 is 0 Å². The van der Waals surface area contributed by atoms with Crippen LogP contribution < -0.4 is 0 Å². The van der Waals surface area contributed by atoms with Crippen LogP contribution in [-0.4, -0.2) is 30.4 Å². The number of nitrogens with zero attached hydrogens (tertiary/aromatic N) is 1. The molecule has 26 heavy (non-hydrogen) atoms. The Kier molecular flexibility index (Phi) is 3.82. The Labute approximate surface area is 154 Å². The van der Waals surface area contributed by atoms with Gasteiger partial charge >= 0.3 is 0 Å². The van der Waals surface area contributed by atoms with Crippen molar-refractivity contribution in [1.29, 1.82) is 0 Å². The van der Waals surface area contributed by atoms with E-state index in [1.165, 1.54) is 16.4 Å². The van der Waals surface area contributed by atoms with Gasteiger partial charge in [0.2, 0.25) is 15.9 Å². The molecule has 0 N–H and O–H groups in total. The van der Waals surface area contributed by atoms with E-state index in [0.717, 1.165) is 19.3 Å². The average Bonchev–Trinajstić information content (AvgIpc) is 3.04. The molecule has 2 bridgehead atoms. The molecule has 1 aromatic carbocycles. The first-order chi connectivity index (χ1) is 12.1. The van der Waals surface area contributed by atoms with Crippen LogP contribution in [0.3, 0.4) is 0 Å². The van der Waals surface area contributed by atoms with Crippen LogP contribution in [0.1, 0.15) is 57.9 Å². The molecule has 1 aliphatic heterocycles. The summed E-state index contributed by atoms with van der Waals surface area (Å²) in [6, 6.07) is 5.61. The zero-order valence-corrected chi connectivity index (χ0v) is 16.4. The molecule has 0 radical (unpaired) electrons. The highest BCUT2D eigenvalue weighted by atomic mass is 32.2. The number of hydrogen-bond acceptors (Lipinski definition) is 3. The molecule has 2 aliphatic carbocycles. The Morgan fingerprint density at radius 1 is 1.31 bits per heavy atom. The highest BCUT2D eigenvalue weighted by Crippen LogP contribution is 2.70. The van der Waals surface area contributed by atoms with Gasteiger partial charge in [-0.1, -0.05) is 32.9 Å². The number of carbonyl (C=O) groups is 1. The zero-order chi connectivity index (χ0) is 18.9. The summed E-state index contributed by atoms with van der Waals surface area (Å²) in [4.78, 5) is 13.4. The first-order valence-electron chi connectivity index (χ1n) is 9.45. The van der Waals surface area contributed by atoms with E-state index in [1.807, 2.05) is 6.92 Å². The monoisotopic (exact) mass is 379 g/mol. The van der Waals surface area contributed by atoms with Gasteiger partial charge in [0.15, 0.2) is 0 Å². The van der Waals surface area contributed by atoms with E-state index < -0.39 is 15.9 Å². The van der Waals surface area contributed by atoms with E-state index in [9.17, 15) is 17.6 Å². The molecule has 6 heteroatoms. The van der Waals surface area contributed by atoms with Gasteiger partial charge in [0, 0.05) is 5.41 Å². The number of amides is 1. The second kappa shape index (κ2) is 5.54. The summed E-state index contributed by atoms with van der Waals surface area (Å²) >= 11 is 0.